The average Bonchev–Trinajstić information content (AvgIpc) is 3.54. The highest BCUT2D eigenvalue weighted by Gasteiger charge is 2.32. The van der Waals surface area contributed by atoms with E-state index in [0.717, 1.165) is 16.9 Å². The number of ether oxygens (including phenoxy) is 1. The van der Waals surface area contributed by atoms with Crippen molar-refractivity contribution in [1.29, 1.82) is 0 Å². The van der Waals surface area contributed by atoms with Gasteiger partial charge in [-0.2, -0.15) is 4.98 Å². The number of rotatable bonds is 9. The third-order valence-electron chi connectivity index (χ3n) is 7.49. The summed E-state index contributed by atoms with van der Waals surface area (Å²) in [7, 11) is 1.62. The molecule has 1 fully saturated rings. The van der Waals surface area contributed by atoms with Gasteiger partial charge in [0.2, 0.25) is 17.8 Å². The second-order valence-electron chi connectivity index (χ2n) is 10.3. The number of piperazine rings is 1. The summed E-state index contributed by atoms with van der Waals surface area (Å²) in [6.07, 6.45) is 7.32. The topological polar surface area (TPSA) is 105 Å². The Morgan fingerprint density at radius 1 is 1.00 bits per heavy atom. The van der Waals surface area contributed by atoms with Gasteiger partial charge < -0.3 is 19.9 Å². The first-order chi connectivity index (χ1) is 19.9. The number of benzene rings is 2. The Balaban J connectivity index is 1.31. The highest BCUT2D eigenvalue weighted by atomic mass is 16.5. The average molecular weight is 554 g/mol. The first-order valence-electron chi connectivity index (χ1n) is 13.7. The van der Waals surface area contributed by atoms with Crippen molar-refractivity contribution in [2.75, 3.05) is 31.6 Å². The van der Waals surface area contributed by atoms with Crippen LogP contribution in [0.3, 0.4) is 0 Å². The standard InChI is InChI=1S/C31H35N7O3/c1-22-4-5-25(16-23(22)2)19-34-29(39)18-26-20-36(30(40)17-24-6-8-27(41-3)9-7-24)14-15-38(26)28-10-11-33-31(35-28)37-13-12-32-21-37/h4-13,16,21,26H,14-15,17-20H2,1-3H3,(H,34,39). The van der Waals surface area contributed by atoms with Gasteiger partial charge in [0.05, 0.1) is 19.6 Å². The molecule has 1 unspecified atom stereocenters. The van der Waals surface area contributed by atoms with Gasteiger partial charge in [-0.1, -0.05) is 30.3 Å². The lowest BCUT2D eigenvalue weighted by Gasteiger charge is -2.42. The van der Waals surface area contributed by atoms with E-state index >= 15 is 0 Å². The zero-order chi connectivity index (χ0) is 28.8. The molecule has 4 aromatic rings. The smallest absolute Gasteiger partial charge is 0.236 e. The molecule has 3 heterocycles. The van der Waals surface area contributed by atoms with Gasteiger partial charge in [0.1, 0.15) is 17.9 Å². The van der Waals surface area contributed by atoms with E-state index in [4.69, 9.17) is 9.72 Å². The van der Waals surface area contributed by atoms with Crippen LogP contribution < -0.4 is 15.0 Å². The lowest BCUT2D eigenvalue weighted by Crippen LogP contribution is -2.56. The summed E-state index contributed by atoms with van der Waals surface area (Å²) in [5.41, 5.74) is 4.39. The SMILES string of the molecule is COc1ccc(CC(=O)N2CCN(c3ccnc(-n4ccnc4)n3)C(CC(=O)NCc3ccc(C)c(C)c3)C2)cc1. The summed E-state index contributed by atoms with van der Waals surface area (Å²) in [5.74, 6) is 1.90. The first kappa shape index (κ1) is 27.8. The summed E-state index contributed by atoms with van der Waals surface area (Å²) in [6.45, 7) is 6.08. The molecule has 41 heavy (non-hydrogen) atoms. The Morgan fingerprint density at radius 2 is 1.80 bits per heavy atom. The van der Waals surface area contributed by atoms with E-state index in [9.17, 15) is 9.59 Å². The molecular weight excluding hydrogens is 518 g/mol. The first-order valence-corrected chi connectivity index (χ1v) is 13.7. The van der Waals surface area contributed by atoms with Crippen molar-refractivity contribution < 1.29 is 14.3 Å². The number of nitrogens with zero attached hydrogens (tertiary/aromatic N) is 6. The van der Waals surface area contributed by atoms with Gasteiger partial charge in [-0.25, -0.2) is 9.97 Å². The molecule has 10 nitrogen and oxygen atoms in total. The van der Waals surface area contributed by atoms with Crippen molar-refractivity contribution in [2.24, 2.45) is 0 Å². The third-order valence-corrected chi connectivity index (χ3v) is 7.49. The van der Waals surface area contributed by atoms with Crippen molar-refractivity contribution in [2.45, 2.75) is 39.3 Å². The van der Waals surface area contributed by atoms with E-state index in [1.165, 1.54) is 11.1 Å². The van der Waals surface area contributed by atoms with E-state index in [0.29, 0.717) is 37.9 Å². The molecule has 1 aliphatic rings. The number of nitrogens with one attached hydrogen (secondary N) is 1. The van der Waals surface area contributed by atoms with Gasteiger partial charge in [-0.3, -0.25) is 14.2 Å². The highest BCUT2D eigenvalue weighted by Crippen LogP contribution is 2.22. The molecule has 5 rings (SSSR count). The number of hydrogen-bond donors (Lipinski definition) is 1. The van der Waals surface area contributed by atoms with Crippen LogP contribution in [0.5, 0.6) is 5.75 Å². The summed E-state index contributed by atoms with van der Waals surface area (Å²) >= 11 is 0. The fraction of sp³-hybridized carbons (Fsp3) is 0.323. The number of anilines is 1. The molecule has 1 saturated heterocycles. The maximum Gasteiger partial charge on any atom is 0.236 e. The van der Waals surface area contributed by atoms with Gasteiger partial charge in [0.15, 0.2) is 0 Å². The van der Waals surface area contributed by atoms with Gasteiger partial charge >= 0.3 is 0 Å². The molecule has 1 atom stereocenters. The van der Waals surface area contributed by atoms with Gasteiger partial charge in [0.25, 0.3) is 0 Å². The summed E-state index contributed by atoms with van der Waals surface area (Å²) in [6, 6.07) is 15.3. The van der Waals surface area contributed by atoms with Crippen LogP contribution in [-0.4, -0.2) is 69.0 Å². The molecule has 0 bridgehead atoms. The molecule has 2 amide bonds. The predicted molar refractivity (Wildman–Crippen MR) is 156 cm³/mol. The Labute approximate surface area is 240 Å². The van der Waals surface area contributed by atoms with E-state index in [1.807, 2.05) is 41.3 Å². The van der Waals surface area contributed by atoms with Crippen LogP contribution >= 0.6 is 0 Å². The lowest BCUT2D eigenvalue weighted by molar-refractivity contribution is -0.132. The van der Waals surface area contributed by atoms with Crippen LogP contribution in [0.1, 0.15) is 28.7 Å². The molecule has 1 N–H and O–H groups in total. The van der Waals surface area contributed by atoms with Crippen LogP contribution in [-0.2, 0) is 22.6 Å². The second kappa shape index (κ2) is 12.6. The Morgan fingerprint density at radius 3 is 2.54 bits per heavy atom. The van der Waals surface area contributed by atoms with Gasteiger partial charge in [-0.15, -0.1) is 0 Å². The fourth-order valence-corrected chi connectivity index (χ4v) is 4.99. The van der Waals surface area contributed by atoms with Crippen LogP contribution in [0.15, 0.2) is 73.4 Å². The van der Waals surface area contributed by atoms with Crippen molar-refractivity contribution in [3.8, 4) is 11.7 Å². The quantitative estimate of drug-likeness (QED) is 0.339. The van der Waals surface area contributed by atoms with Gasteiger partial charge in [-0.05, 0) is 54.3 Å². The lowest BCUT2D eigenvalue weighted by atomic mass is 10.0. The molecular formula is C31H35N7O3. The number of imidazole rings is 1. The van der Waals surface area contributed by atoms with Gasteiger partial charge in [0, 0.05) is 51.2 Å². The maximum absolute atomic E-state index is 13.3. The maximum atomic E-state index is 13.3. The fourth-order valence-electron chi connectivity index (χ4n) is 4.99. The molecule has 0 spiro atoms. The number of methoxy groups -OCH3 is 1. The van der Waals surface area contributed by atoms with Crippen LogP contribution in [0.4, 0.5) is 5.82 Å². The Kier molecular flexibility index (Phi) is 8.57. The van der Waals surface area contributed by atoms with E-state index < -0.39 is 0 Å². The molecule has 212 valence electrons. The summed E-state index contributed by atoms with van der Waals surface area (Å²) in [5, 5.41) is 3.07. The van der Waals surface area contributed by atoms with Crippen LogP contribution in [0.25, 0.3) is 5.95 Å². The zero-order valence-corrected chi connectivity index (χ0v) is 23.7. The summed E-state index contributed by atoms with van der Waals surface area (Å²) < 4.78 is 6.97. The van der Waals surface area contributed by atoms with Crippen molar-refractivity contribution in [3.05, 3.63) is 95.7 Å². The number of aryl methyl sites for hydroxylation is 2. The monoisotopic (exact) mass is 553 g/mol. The molecule has 0 radical (unpaired) electrons. The number of amides is 2. The minimum absolute atomic E-state index is 0.0251. The molecule has 10 heteroatoms. The van der Waals surface area contributed by atoms with Crippen LogP contribution in [0, 0.1) is 13.8 Å². The zero-order valence-electron chi connectivity index (χ0n) is 23.7. The molecule has 2 aromatic carbocycles. The molecule has 2 aromatic heterocycles. The largest absolute Gasteiger partial charge is 0.497 e. The third kappa shape index (κ3) is 6.89. The minimum Gasteiger partial charge on any atom is -0.497 e. The van der Waals surface area contributed by atoms with E-state index in [-0.39, 0.29) is 30.7 Å². The van der Waals surface area contributed by atoms with E-state index in [1.54, 1.807) is 36.6 Å². The molecule has 0 aliphatic carbocycles. The number of hydrogen-bond acceptors (Lipinski definition) is 7. The molecule has 1 aliphatic heterocycles. The number of carbonyl (C=O) groups excluding carboxylic acids is 2. The van der Waals surface area contributed by atoms with Crippen molar-refractivity contribution in [3.63, 3.8) is 0 Å². The number of aromatic nitrogens is 4. The Bertz CT molecular complexity index is 1490. The van der Waals surface area contributed by atoms with Crippen LogP contribution in [0.2, 0.25) is 0 Å². The van der Waals surface area contributed by atoms with Crippen molar-refractivity contribution in [1.82, 2.24) is 29.7 Å². The normalized spacial score (nSPS) is 15.0. The van der Waals surface area contributed by atoms with Crippen molar-refractivity contribution >= 4 is 17.6 Å². The minimum atomic E-state index is -0.256. The molecule has 0 saturated carbocycles. The summed E-state index contributed by atoms with van der Waals surface area (Å²) in [4.78, 5) is 43.7. The predicted octanol–water partition coefficient (Wildman–Crippen LogP) is 3.25. The number of carbonyl (C=O) groups is 2. The second-order valence-corrected chi connectivity index (χ2v) is 10.3. The van der Waals surface area contributed by atoms with E-state index in [2.05, 4.69) is 46.2 Å². The highest BCUT2D eigenvalue weighted by molar-refractivity contribution is 5.80. The Hall–Kier alpha value is -4.73.